The Morgan fingerprint density at radius 3 is 2.67 bits per heavy atom. The molecule has 0 saturated heterocycles. The highest BCUT2D eigenvalue weighted by Crippen LogP contribution is 2.30. The van der Waals surface area contributed by atoms with Gasteiger partial charge < -0.3 is 10.3 Å². The Hall–Kier alpha value is -1.12. The first-order valence-corrected chi connectivity index (χ1v) is 8.18. The molecule has 0 atom stereocenters. The molecule has 0 aliphatic carbocycles. The van der Waals surface area contributed by atoms with Crippen LogP contribution in [0.5, 0.6) is 0 Å². The number of rotatable bonds is 5. The van der Waals surface area contributed by atoms with Crippen molar-refractivity contribution < 1.29 is 12.9 Å². The van der Waals surface area contributed by atoms with Crippen molar-refractivity contribution in [2.45, 2.75) is 24.9 Å². The second-order valence-electron chi connectivity index (χ2n) is 4.30. The number of aryl methyl sites for hydroxylation is 1. The van der Waals surface area contributed by atoms with Crippen molar-refractivity contribution in [3.63, 3.8) is 0 Å². The van der Waals surface area contributed by atoms with E-state index < -0.39 is 10.0 Å². The van der Waals surface area contributed by atoms with Crippen LogP contribution in [0.4, 0.5) is 0 Å². The topological polar surface area (TPSA) is 98.2 Å². The number of nitrogens with two attached hydrogens (primary N) is 1. The molecule has 0 fully saturated rings. The molecule has 0 aliphatic heterocycles. The fourth-order valence-corrected chi connectivity index (χ4v) is 3.65. The van der Waals surface area contributed by atoms with Crippen molar-refractivity contribution in [2.24, 2.45) is 5.73 Å². The molecule has 114 valence electrons. The Balaban J connectivity index is 2.27. The lowest BCUT2D eigenvalue weighted by atomic mass is 10.2. The van der Waals surface area contributed by atoms with E-state index in [9.17, 15) is 8.42 Å². The van der Waals surface area contributed by atoms with E-state index in [0.29, 0.717) is 22.0 Å². The van der Waals surface area contributed by atoms with Crippen LogP contribution in [0, 0.1) is 6.92 Å². The van der Waals surface area contributed by atoms with Gasteiger partial charge in [0, 0.05) is 23.2 Å². The third kappa shape index (κ3) is 3.56. The minimum Gasteiger partial charge on any atom is -0.361 e. The fraction of sp³-hybridized carbons (Fsp3) is 0.250. The van der Waals surface area contributed by atoms with Gasteiger partial charge in [-0.3, -0.25) is 0 Å². The van der Waals surface area contributed by atoms with Gasteiger partial charge in [-0.15, -0.1) is 0 Å². The summed E-state index contributed by atoms with van der Waals surface area (Å²) in [4.78, 5) is -0.0748. The molecule has 1 aromatic heterocycles. The number of aromatic nitrogens is 1. The van der Waals surface area contributed by atoms with E-state index in [1.165, 1.54) is 12.1 Å². The summed E-state index contributed by atoms with van der Waals surface area (Å²) < 4.78 is 31.8. The fourth-order valence-electron chi connectivity index (χ4n) is 1.72. The Morgan fingerprint density at radius 2 is 2.10 bits per heavy atom. The second kappa shape index (κ2) is 6.33. The van der Waals surface area contributed by atoms with Crippen LogP contribution in [0.15, 0.2) is 27.6 Å². The van der Waals surface area contributed by atoms with Gasteiger partial charge in [0.15, 0.2) is 0 Å². The number of benzene rings is 1. The maximum absolute atomic E-state index is 12.3. The van der Waals surface area contributed by atoms with Gasteiger partial charge in [0.25, 0.3) is 0 Å². The largest absolute Gasteiger partial charge is 0.361 e. The first-order valence-electron chi connectivity index (χ1n) is 5.94. The molecule has 0 radical (unpaired) electrons. The minimum atomic E-state index is -3.81. The highest BCUT2D eigenvalue weighted by atomic mass is 35.5. The first kappa shape index (κ1) is 16.3. The summed E-state index contributed by atoms with van der Waals surface area (Å²) in [5, 5.41) is 4.06. The Kier molecular flexibility index (Phi) is 4.90. The standard InChI is InChI=1S/C12H13Cl2N3O3S/c1-7-4-8(17-20-7)6-16-21(18,19)11-3-2-10(13)9(5-15)12(11)14/h2-4,16H,5-6,15H2,1H3. The van der Waals surface area contributed by atoms with Crippen molar-refractivity contribution in [2.75, 3.05) is 0 Å². The number of halogens is 2. The van der Waals surface area contributed by atoms with Gasteiger partial charge in [0.05, 0.1) is 17.3 Å². The summed E-state index contributed by atoms with van der Waals surface area (Å²) in [6.07, 6.45) is 0. The predicted molar refractivity (Wildman–Crippen MR) is 79.6 cm³/mol. The molecular weight excluding hydrogens is 337 g/mol. The molecule has 21 heavy (non-hydrogen) atoms. The van der Waals surface area contributed by atoms with E-state index in [1.54, 1.807) is 13.0 Å². The summed E-state index contributed by atoms with van der Waals surface area (Å²) in [5.41, 5.74) is 6.38. The molecule has 1 heterocycles. The van der Waals surface area contributed by atoms with Crippen molar-refractivity contribution in [3.05, 3.63) is 45.3 Å². The summed E-state index contributed by atoms with van der Waals surface area (Å²) >= 11 is 12.0. The van der Waals surface area contributed by atoms with Crippen LogP contribution >= 0.6 is 23.2 Å². The summed E-state index contributed by atoms with van der Waals surface area (Å²) in [7, 11) is -3.81. The molecule has 6 nitrogen and oxygen atoms in total. The van der Waals surface area contributed by atoms with Gasteiger partial charge in [-0.25, -0.2) is 13.1 Å². The zero-order valence-corrected chi connectivity index (χ0v) is 13.4. The van der Waals surface area contributed by atoms with E-state index in [4.69, 9.17) is 33.5 Å². The smallest absolute Gasteiger partial charge is 0.242 e. The lowest BCUT2D eigenvalue weighted by molar-refractivity contribution is 0.390. The summed E-state index contributed by atoms with van der Waals surface area (Å²) in [5.74, 6) is 0.596. The molecule has 0 spiro atoms. The van der Waals surface area contributed by atoms with Gasteiger partial charge in [-0.05, 0) is 19.1 Å². The van der Waals surface area contributed by atoms with Gasteiger partial charge in [-0.1, -0.05) is 28.4 Å². The van der Waals surface area contributed by atoms with Crippen LogP contribution in [0.3, 0.4) is 0 Å². The highest BCUT2D eigenvalue weighted by Gasteiger charge is 2.21. The van der Waals surface area contributed by atoms with E-state index in [-0.39, 0.29) is 23.0 Å². The normalized spacial score (nSPS) is 11.8. The monoisotopic (exact) mass is 349 g/mol. The zero-order chi connectivity index (χ0) is 15.6. The van der Waals surface area contributed by atoms with Crippen molar-refractivity contribution in [1.82, 2.24) is 9.88 Å². The Morgan fingerprint density at radius 1 is 1.38 bits per heavy atom. The van der Waals surface area contributed by atoms with E-state index >= 15 is 0 Å². The second-order valence-corrected chi connectivity index (χ2v) is 6.82. The molecule has 0 unspecified atom stereocenters. The van der Waals surface area contributed by atoms with Gasteiger partial charge in [0.2, 0.25) is 10.0 Å². The van der Waals surface area contributed by atoms with E-state index in [2.05, 4.69) is 9.88 Å². The van der Waals surface area contributed by atoms with Crippen molar-refractivity contribution >= 4 is 33.2 Å². The molecule has 2 aromatic rings. The third-order valence-corrected chi connectivity index (χ3v) is 5.11. The molecular formula is C12H13Cl2N3O3S. The molecule has 9 heteroatoms. The van der Waals surface area contributed by atoms with E-state index in [1.807, 2.05) is 0 Å². The van der Waals surface area contributed by atoms with Crippen LogP contribution in [0.1, 0.15) is 17.0 Å². The zero-order valence-electron chi connectivity index (χ0n) is 11.1. The molecule has 1 aromatic carbocycles. The van der Waals surface area contributed by atoms with Crippen molar-refractivity contribution in [3.8, 4) is 0 Å². The first-order chi connectivity index (χ1) is 9.85. The molecule has 0 bridgehead atoms. The predicted octanol–water partition coefficient (Wildman–Crippen LogP) is 2.23. The molecule has 0 amide bonds. The summed E-state index contributed by atoms with van der Waals surface area (Å²) in [6.45, 7) is 1.76. The average Bonchev–Trinajstić information content (AvgIpc) is 2.83. The van der Waals surface area contributed by atoms with Crippen LogP contribution < -0.4 is 10.5 Å². The molecule has 0 saturated carbocycles. The Labute approximate surface area is 132 Å². The minimum absolute atomic E-state index is 0.00339. The molecule has 0 aliphatic rings. The van der Waals surface area contributed by atoms with Gasteiger partial charge >= 0.3 is 0 Å². The number of nitrogens with zero attached hydrogens (tertiary/aromatic N) is 1. The quantitative estimate of drug-likeness (QED) is 0.862. The third-order valence-electron chi connectivity index (χ3n) is 2.76. The number of nitrogens with one attached hydrogen (secondary N) is 1. The van der Waals surface area contributed by atoms with Crippen LogP contribution in [0.25, 0.3) is 0 Å². The number of hydrogen-bond acceptors (Lipinski definition) is 5. The SMILES string of the molecule is Cc1cc(CNS(=O)(=O)c2ccc(Cl)c(CN)c2Cl)no1. The van der Waals surface area contributed by atoms with Crippen LogP contribution in [-0.4, -0.2) is 13.6 Å². The lowest BCUT2D eigenvalue weighted by Gasteiger charge is -2.11. The maximum Gasteiger partial charge on any atom is 0.242 e. The van der Waals surface area contributed by atoms with Crippen LogP contribution in [0.2, 0.25) is 10.0 Å². The number of hydrogen-bond donors (Lipinski definition) is 2. The maximum atomic E-state index is 12.3. The van der Waals surface area contributed by atoms with Gasteiger partial charge in [-0.2, -0.15) is 0 Å². The Bertz CT molecular complexity index is 759. The highest BCUT2D eigenvalue weighted by molar-refractivity contribution is 7.89. The average molecular weight is 350 g/mol. The van der Waals surface area contributed by atoms with Crippen molar-refractivity contribution in [1.29, 1.82) is 0 Å². The summed E-state index contributed by atoms with van der Waals surface area (Å²) in [6, 6.07) is 4.42. The van der Waals surface area contributed by atoms with Gasteiger partial charge in [0.1, 0.15) is 10.7 Å². The van der Waals surface area contributed by atoms with Crippen LogP contribution in [-0.2, 0) is 23.1 Å². The number of sulfonamides is 1. The molecule has 2 rings (SSSR count). The lowest BCUT2D eigenvalue weighted by Crippen LogP contribution is -2.24. The van der Waals surface area contributed by atoms with E-state index in [0.717, 1.165) is 0 Å². The molecule has 3 N–H and O–H groups in total.